The van der Waals surface area contributed by atoms with Crippen LogP contribution in [-0.2, 0) is 4.79 Å². The monoisotopic (exact) mass is 343 g/mol. The third kappa shape index (κ3) is 5.09. The summed E-state index contributed by atoms with van der Waals surface area (Å²) in [5, 5.41) is 0.459. The Morgan fingerprint density at radius 1 is 1.37 bits per heavy atom. The van der Waals surface area contributed by atoms with Crippen molar-refractivity contribution in [3.8, 4) is 5.75 Å². The van der Waals surface area contributed by atoms with Crippen LogP contribution in [0.5, 0.6) is 5.75 Å². The van der Waals surface area contributed by atoms with Gasteiger partial charge in [0.15, 0.2) is 6.61 Å². The SMILES string of the molecule is C=CCN(CC=C)C(=O)COc1ccc(Br)cc1Cl. The van der Waals surface area contributed by atoms with Gasteiger partial charge in [-0.05, 0) is 18.2 Å². The molecule has 0 unspecified atom stereocenters. The Morgan fingerprint density at radius 3 is 2.53 bits per heavy atom. The van der Waals surface area contributed by atoms with Gasteiger partial charge in [-0.15, -0.1) is 13.2 Å². The van der Waals surface area contributed by atoms with Crippen molar-refractivity contribution < 1.29 is 9.53 Å². The molecule has 0 aliphatic carbocycles. The van der Waals surface area contributed by atoms with Gasteiger partial charge in [-0.3, -0.25) is 4.79 Å². The summed E-state index contributed by atoms with van der Waals surface area (Å²) in [4.78, 5) is 13.5. The van der Waals surface area contributed by atoms with Gasteiger partial charge < -0.3 is 9.64 Å². The van der Waals surface area contributed by atoms with Crippen LogP contribution in [0.2, 0.25) is 5.02 Å². The van der Waals surface area contributed by atoms with Gasteiger partial charge in [0.2, 0.25) is 0 Å². The molecule has 0 heterocycles. The summed E-state index contributed by atoms with van der Waals surface area (Å²) in [7, 11) is 0. The standard InChI is InChI=1S/C14H15BrClNO2/c1-3-7-17(8-4-2)14(18)10-19-13-6-5-11(15)9-12(13)16/h3-6,9H,1-2,7-8,10H2. The van der Waals surface area contributed by atoms with Gasteiger partial charge in [-0.1, -0.05) is 39.7 Å². The number of ether oxygens (including phenoxy) is 1. The highest BCUT2D eigenvalue weighted by molar-refractivity contribution is 9.10. The molecule has 0 N–H and O–H groups in total. The fraction of sp³-hybridized carbons (Fsp3) is 0.214. The average Bonchev–Trinajstić information content (AvgIpc) is 2.37. The Balaban J connectivity index is 2.61. The zero-order chi connectivity index (χ0) is 14.3. The first kappa shape index (κ1) is 15.8. The van der Waals surface area contributed by atoms with E-state index in [0.717, 1.165) is 4.47 Å². The molecule has 0 bridgehead atoms. The zero-order valence-corrected chi connectivity index (χ0v) is 12.8. The molecule has 19 heavy (non-hydrogen) atoms. The van der Waals surface area contributed by atoms with Crippen LogP contribution >= 0.6 is 27.5 Å². The molecule has 0 aromatic heterocycles. The third-order valence-electron chi connectivity index (χ3n) is 2.30. The summed E-state index contributed by atoms with van der Waals surface area (Å²) in [6, 6.07) is 5.23. The lowest BCUT2D eigenvalue weighted by atomic mass is 10.3. The lowest BCUT2D eigenvalue weighted by Gasteiger charge is -2.19. The van der Waals surface area contributed by atoms with Crippen LogP contribution in [-0.4, -0.2) is 30.5 Å². The molecule has 1 aromatic carbocycles. The topological polar surface area (TPSA) is 29.5 Å². The maximum atomic E-state index is 11.9. The van der Waals surface area contributed by atoms with Gasteiger partial charge in [-0.25, -0.2) is 0 Å². The van der Waals surface area contributed by atoms with Crippen molar-refractivity contribution in [2.45, 2.75) is 0 Å². The van der Waals surface area contributed by atoms with Crippen LogP contribution in [0.1, 0.15) is 0 Å². The van der Waals surface area contributed by atoms with Gasteiger partial charge in [0, 0.05) is 17.6 Å². The molecule has 0 saturated carbocycles. The van der Waals surface area contributed by atoms with E-state index >= 15 is 0 Å². The molecule has 1 aromatic rings. The minimum atomic E-state index is -0.140. The molecule has 3 nitrogen and oxygen atoms in total. The highest BCUT2D eigenvalue weighted by Gasteiger charge is 2.12. The molecule has 0 radical (unpaired) electrons. The molecule has 1 rings (SSSR count). The molecule has 0 atom stereocenters. The Labute approximate surface area is 126 Å². The summed E-state index contributed by atoms with van der Waals surface area (Å²) in [5.74, 6) is 0.342. The van der Waals surface area contributed by atoms with E-state index in [1.54, 1.807) is 35.3 Å². The van der Waals surface area contributed by atoms with Crippen molar-refractivity contribution in [3.05, 3.63) is 53.0 Å². The number of amides is 1. The number of carbonyl (C=O) groups is 1. The Hall–Kier alpha value is -1.26. The van der Waals surface area contributed by atoms with E-state index in [4.69, 9.17) is 16.3 Å². The van der Waals surface area contributed by atoms with E-state index in [0.29, 0.717) is 23.9 Å². The van der Waals surface area contributed by atoms with Gasteiger partial charge in [-0.2, -0.15) is 0 Å². The van der Waals surface area contributed by atoms with E-state index in [1.165, 1.54) is 0 Å². The Morgan fingerprint density at radius 2 is 2.00 bits per heavy atom. The third-order valence-corrected chi connectivity index (χ3v) is 3.09. The first-order chi connectivity index (χ1) is 9.08. The lowest BCUT2D eigenvalue weighted by molar-refractivity contribution is -0.132. The first-order valence-corrected chi connectivity index (χ1v) is 6.83. The van der Waals surface area contributed by atoms with Gasteiger partial charge in [0.25, 0.3) is 5.91 Å². The molecule has 1 amide bonds. The van der Waals surface area contributed by atoms with Crippen molar-refractivity contribution in [1.29, 1.82) is 0 Å². The normalized spacial score (nSPS) is 9.79. The number of nitrogens with zero attached hydrogens (tertiary/aromatic N) is 1. The predicted octanol–water partition coefficient (Wildman–Crippen LogP) is 3.68. The minimum absolute atomic E-state index is 0.0664. The van der Waals surface area contributed by atoms with E-state index in [1.807, 2.05) is 0 Å². The van der Waals surface area contributed by atoms with Crippen molar-refractivity contribution >= 4 is 33.4 Å². The molecule has 102 valence electrons. The van der Waals surface area contributed by atoms with E-state index in [-0.39, 0.29) is 12.5 Å². The number of rotatable bonds is 7. The van der Waals surface area contributed by atoms with Gasteiger partial charge in [0.1, 0.15) is 5.75 Å². The molecule has 0 spiro atoms. The highest BCUT2D eigenvalue weighted by atomic mass is 79.9. The minimum Gasteiger partial charge on any atom is -0.482 e. The fourth-order valence-corrected chi connectivity index (χ4v) is 2.14. The summed E-state index contributed by atoms with van der Waals surface area (Å²) in [6.45, 7) is 8.08. The molecular formula is C14H15BrClNO2. The number of hydrogen-bond acceptors (Lipinski definition) is 2. The number of carbonyl (C=O) groups excluding carboxylic acids is 1. The van der Waals surface area contributed by atoms with Crippen LogP contribution in [0, 0.1) is 0 Å². The summed E-state index contributed by atoms with van der Waals surface area (Å²) >= 11 is 9.31. The predicted molar refractivity (Wildman–Crippen MR) is 81.6 cm³/mol. The summed E-state index contributed by atoms with van der Waals surface area (Å²) in [5.41, 5.74) is 0. The van der Waals surface area contributed by atoms with E-state index in [2.05, 4.69) is 29.1 Å². The average molecular weight is 345 g/mol. The van der Waals surface area contributed by atoms with Gasteiger partial charge in [0.05, 0.1) is 5.02 Å². The first-order valence-electron chi connectivity index (χ1n) is 5.66. The molecule has 0 saturated heterocycles. The van der Waals surface area contributed by atoms with Crippen molar-refractivity contribution in [1.82, 2.24) is 4.90 Å². The lowest BCUT2D eigenvalue weighted by Crippen LogP contribution is -2.35. The quantitative estimate of drug-likeness (QED) is 0.706. The second-order valence-electron chi connectivity index (χ2n) is 3.74. The van der Waals surface area contributed by atoms with E-state index < -0.39 is 0 Å². The number of benzene rings is 1. The van der Waals surface area contributed by atoms with Crippen LogP contribution in [0.3, 0.4) is 0 Å². The van der Waals surface area contributed by atoms with E-state index in [9.17, 15) is 4.79 Å². The van der Waals surface area contributed by atoms with Crippen LogP contribution in [0.4, 0.5) is 0 Å². The Bertz CT molecular complexity index is 467. The number of hydrogen-bond donors (Lipinski definition) is 0. The summed E-state index contributed by atoms with van der Waals surface area (Å²) < 4.78 is 6.27. The van der Waals surface area contributed by atoms with Crippen molar-refractivity contribution in [3.63, 3.8) is 0 Å². The molecular weight excluding hydrogens is 330 g/mol. The van der Waals surface area contributed by atoms with Crippen molar-refractivity contribution in [2.75, 3.05) is 19.7 Å². The van der Waals surface area contributed by atoms with Crippen molar-refractivity contribution in [2.24, 2.45) is 0 Å². The Kier molecular flexibility index (Phi) is 6.67. The van der Waals surface area contributed by atoms with Crippen LogP contribution in [0.25, 0.3) is 0 Å². The van der Waals surface area contributed by atoms with Gasteiger partial charge >= 0.3 is 0 Å². The molecule has 0 fully saturated rings. The molecule has 0 aliphatic rings. The smallest absolute Gasteiger partial charge is 0.261 e. The highest BCUT2D eigenvalue weighted by Crippen LogP contribution is 2.27. The second-order valence-corrected chi connectivity index (χ2v) is 5.06. The molecule has 5 heteroatoms. The maximum Gasteiger partial charge on any atom is 0.261 e. The van der Waals surface area contributed by atoms with Crippen LogP contribution in [0.15, 0.2) is 48.0 Å². The molecule has 0 aliphatic heterocycles. The largest absolute Gasteiger partial charge is 0.482 e. The fourth-order valence-electron chi connectivity index (χ4n) is 1.41. The summed E-state index contributed by atoms with van der Waals surface area (Å²) in [6.07, 6.45) is 3.32. The van der Waals surface area contributed by atoms with Crippen LogP contribution < -0.4 is 4.74 Å². The second kappa shape index (κ2) is 8.02. The maximum absolute atomic E-state index is 11.9. The zero-order valence-electron chi connectivity index (χ0n) is 10.4. The number of halogens is 2.